The summed E-state index contributed by atoms with van der Waals surface area (Å²) in [6, 6.07) is 2.51. The molecule has 2 aliphatic carbocycles. The standard InChI is InChI=1S/C21H31N3O2S/c1-15-7-8-18-16(13-15)14-19(27-18)20(25)23-9-11-24(12-10-23)21(26)22-17-5-3-2-4-6-17/h14-15,17H,2-13H2,1H3,(H,22,26). The first kappa shape index (κ1) is 18.8. The van der Waals surface area contributed by atoms with Gasteiger partial charge in [-0.25, -0.2) is 4.79 Å². The van der Waals surface area contributed by atoms with Crippen LogP contribution < -0.4 is 5.32 Å². The Kier molecular flexibility index (Phi) is 5.71. The average Bonchev–Trinajstić information content (AvgIpc) is 3.11. The highest BCUT2D eigenvalue weighted by Gasteiger charge is 2.28. The Morgan fingerprint density at radius 1 is 1.04 bits per heavy atom. The van der Waals surface area contributed by atoms with Crippen molar-refractivity contribution in [1.82, 2.24) is 15.1 Å². The molecule has 3 aliphatic rings. The van der Waals surface area contributed by atoms with Gasteiger partial charge in [0.05, 0.1) is 4.88 Å². The van der Waals surface area contributed by atoms with Crippen LogP contribution in [0, 0.1) is 5.92 Å². The summed E-state index contributed by atoms with van der Waals surface area (Å²) >= 11 is 1.69. The molecule has 1 atom stereocenters. The summed E-state index contributed by atoms with van der Waals surface area (Å²) in [5.74, 6) is 0.871. The highest BCUT2D eigenvalue weighted by molar-refractivity contribution is 7.14. The molecule has 0 bridgehead atoms. The number of rotatable bonds is 2. The van der Waals surface area contributed by atoms with E-state index in [2.05, 4.69) is 18.3 Å². The minimum absolute atomic E-state index is 0.0505. The Morgan fingerprint density at radius 3 is 2.48 bits per heavy atom. The summed E-state index contributed by atoms with van der Waals surface area (Å²) in [5, 5.41) is 3.19. The molecule has 2 fully saturated rings. The number of thiophene rings is 1. The Hall–Kier alpha value is -1.56. The van der Waals surface area contributed by atoms with Crippen LogP contribution in [0.3, 0.4) is 0 Å². The van der Waals surface area contributed by atoms with Gasteiger partial charge in [-0.05, 0) is 49.7 Å². The number of nitrogens with zero attached hydrogens (tertiary/aromatic N) is 2. The van der Waals surface area contributed by atoms with Crippen LogP contribution >= 0.6 is 11.3 Å². The zero-order chi connectivity index (χ0) is 18.8. The van der Waals surface area contributed by atoms with E-state index in [9.17, 15) is 9.59 Å². The molecular weight excluding hydrogens is 358 g/mol. The molecule has 2 heterocycles. The molecule has 0 aromatic carbocycles. The molecule has 1 saturated heterocycles. The van der Waals surface area contributed by atoms with Gasteiger partial charge in [-0.3, -0.25) is 4.79 Å². The van der Waals surface area contributed by atoms with Gasteiger partial charge < -0.3 is 15.1 Å². The lowest BCUT2D eigenvalue weighted by Gasteiger charge is -2.35. The molecule has 0 radical (unpaired) electrons. The lowest BCUT2D eigenvalue weighted by atomic mass is 9.90. The molecule has 1 aromatic heterocycles. The smallest absolute Gasteiger partial charge is 0.317 e. The molecule has 5 nitrogen and oxygen atoms in total. The number of nitrogens with one attached hydrogen (secondary N) is 1. The third-order valence-corrected chi connectivity index (χ3v) is 7.55. The first-order valence-corrected chi connectivity index (χ1v) is 11.4. The zero-order valence-electron chi connectivity index (χ0n) is 16.3. The first-order chi connectivity index (χ1) is 13.1. The van der Waals surface area contributed by atoms with Gasteiger partial charge in [-0.15, -0.1) is 11.3 Å². The fourth-order valence-electron chi connectivity index (χ4n) is 4.59. The molecule has 1 aromatic rings. The van der Waals surface area contributed by atoms with Crippen molar-refractivity contribution >= 4 is 23.3 Å². The van der Waals surface area contributed by atoms with Crippen molar-refractivity contribution in [3.05, 3.63) is 21.4 Å². The summed E-state index contributed by atoms with van der Waals surface area (Å²) in [5.41, 5.74) is 1.38. The quantitative estimate of drug-likeness (QED) is 0.839. The van der Waals surface area contributed by atoms with Gasteiger partial charge in [0, 0.05) is 37.1 Å². The average molecular weight is 390 g/mol. The van der Waals surface area contributed by atoms with Crippen LogP contribution in [0.1, 0.15) is 65.6 Å². The number of amides is 3. The van der Waals surface area contributed by atoms with Crippen molar-refractivity contribution in [2.75, 3.05) is 26.2 Å². The maximum absolute atomic E-state index is 12.9. The number of hydrogen-bond acceptors (Lipinski definition) is 3. The summed E-state index contributed by atoms with van der Waals surface area (Å²) in [7, 11) is 0. The Balaban J connectivity index is 1.30. The van der Waals surface area contributed by atoms with Gasteiger partial charge in [0.15, 0.2) is 0 Å². The van der Waals surface area contributed by atoms with E-state index in [1.807, 2.05) is 9.80 Å². The van der Waals surface area contributed by atoms with Gasteiger partial charge in [0.25, 0.3) is 5.91 Å². The highest BCUT2D eigenvalue weighted by Crippen LogP contribution is 2.32. The van der Waals surface area contributed by atoms with Crippen molar-refractivity contribution < 1.29 is 9.59 Å². The summed E-state index contributed by atoms with van der Waals surface area (Å²) in [4.78, 5) is 31.5. The SMILES string of the molecule is CC1CCc2sc(C(=O)N3CCN(C(=O)NC4CCCCC4)CC3)cc2C1. The molecule has 27 heavy (non-hydrogen) atoms. The van der Waals surface area contributed by atoms with E-state index in [1.54, 1.807) is 11.3 Å². The molecule has 148 valence electrons. The predicted molar refractivity (Wildman–Crippen MR) is 108 cm³/mol. The van der Waals surface area contributed by atoms with Crippen LogP contribution in [-0.2, 0) is 12.8 Å². The zero-order valence-corrected chi connectivity index (χ0v) is 17.2. The van der Waals surface area contributed by atoms with Gasteiger partial charge in [-0.2, -0.15) is 0 Å². The van der Waals surface area contributed by atoms with Gasteiger partial charge >= 0.3 is 6.03 Å². The largest absolute Gasteiger partial charge is 0.335 e. The molecule has 1 unspecified atom stereocenters. The van der Waals surface area contributed by atoms with Gasteiger partial charge in [0.1, 0.15) is 0 Å². The van der Waals surface area contributed by atoms with Crippen LogP contribution in [0.5, 0.6) is 0 Å². The summed E-state index contributed by atoms with van der Waals surface area (Å²) in [6.07, 6.45) is 9.39. The van der Waals surface area contributed by atoms with Gasteiger partial charge in [-0.1, -0.05) is 26.2 Å². The number of carbonyl (C=O) groups excluding carboxylic acids is 2. The number of fused-ring (bicyclic) bond motifs is 1. The van der Waals surface area contributed by atoms with E-state index in [1.165, 1.54) is 36.1 Å². The fourth-order valence-corrected chi connectivity index (χ4v) is 5.77. The first-order valence-electron chi connectivity index (χ1n) is 10.6. The molecule has 3 amide bonds. The topological polar surface area (TPSA) is 52.7 Å². The van der Waals surface area contributed by atoms with Crippen LogP contribution in [-0.4, -0.2) is 54.0 Å². The molecule has 1 N–H and O–H groups in total. The number of carbonyl (C=O) groups is 2. The third-order valence-electron chi connectivity index (χ3n) is 6.33. The molecule has 0 spiro atoms. The van der Waals surface area contributed by atoms with Crippen LogP contribution in [0.15, 0.2) is 6.07 Å². The molecule has 6 heteroatoms. The van der Waals surface area contributed by atoms with Crippen molar-refractivity contribution in [2.24, 2.45) is 5.92 Å². The Labute approximate surface area is 166 Å². The number of aryl methyl sites for hydroxylation is 1. The minimum Gasteiger partial charge on any atom is -0.335 e. The second kappa shape index (κ2) is 8.21. The minimum atomic E-state index is 0.0505. The number of urea groups is 1. The lowest BCUT2D eigenvalue weighted by molar-refractivity contribution is 0.0667. The Morgan fingerprint density at radius 2 is 1.74 bits per heavy atom. The molecule has 4 rings (SSSR count). The van der Waals surface area contributed by atoms with E-state index in [0.717, 1.165) is 36.5 Å². The van der Waals surface area contributed by atoms with Crippen LogP contribution in [0.2, 0.25) is 0 Å². The monoisotopic (exact) mass is 389 g/mol. The van der Waals surface area contributed by atoms with E-state index >= 15 is 0 Å². The maximum Gasteiger partial charge on any atom is 0.317 e. The Bertz CT molecular complexity index is 688. The fraction of sp³-hybridized carbons (Fsp3) is 0.714. The van der Waals surface area contributed by atoms with E-state index < -0.39 is 0 Å². The predicted octanol–water partition coefficient (Wildman–Crippen LogP) is 3.67. The number of piperazine rings is 1. The van der Waals surface area contributed by atoms with E-state index in [-0.39, 0.29) is 11.9 Å². The van der Waals surface area contributed by atoms with Gasteiger partial charge in [0.2, 0.25) is 0 Å². The van der Waals surface area contributed by atoms with Crippen molar-refractivity contribution in [2.45, 2.75) is 64.3 Å². The highest BCUT2D eigenvalue weighted by atomic mass is 32.1. The molecule has 1 aliphatic heterocycles. The van der Waals surface area contributed by atoms with Crippen molar-refractivity contribution in [3.8, 4) is 0 Å². The van der Waals surface area contributed by atoms with E-state index in [0.29, 0.717) is 32.2 Å². The van der Waals surface area contributed by atoms with Crippen molar-refractivity contribution in [1.29, 1.82) is 0 Å². The molecule has 1 saturated carbocycles. The van der Waals surface area contributed by atoms with Crippen molar-refractivity contribution in [3.63, 3.8) is 0 Å². The normalized spacial score (nSPS) is 23.8. The van der Waals surface area contributed by atoms with Crippen LogP contribution in [0.25, 0.3) is 0 Å². The summed E-state index contributed by atoms with van der Waals surface area (Å²) < 4.78 is 0. The third kappa shape index (κ3) is 4.31. The second-order valence-electron chi connectivity index (χ2n) is 8.47. The summed E-state index contributed by atoms with van der Waals surface area (Å²) in [6.45, 7) is 4.82. The van der Waals surface area contributed by atoms with E-state index in [4.69, 9.17) is 0 Å². The number of hydrogen-bond donors (Lipinski definition) is 1. The molecular formula is C21H31N3O2S. The maximum atomic E-state index is 12.9. The lowest BCUT2D eigenvalue weighted by Crippen LogP contribution is -2.54. The van der Waals surface area contributed by atoms with Crippen LogP contribution in [0.4, 0.5) is 4.79 Å². The second-order valence-corrected chi connectivity index (χ2v) is 9.61.